The van der Waals surface area contributed by atoms with Crippen LogP contribution >= 0.6 is 11.6 Å². The number of rotatable bonds is 1. The molecule has 15 heavy (non-hydrogen) atoms. The Balaban J connectivity index is 2.57. The van der Waals surface area contributed by atoms with E-state index in [9.17, 15) is 18.4 Å². The minimum absolute atomic E-state index is 0.135. The van der Waals surface area contributed by atoms with E-state index in [1.807, 2.05) is 0 Å². The molecule has 0 fully saturated rings. The van der Waals surface area contributed by atoms with Gasteiger partial charge in [-0.05, 0) is 23.7 Å². The fraction of sp³-hybridized carbons (Fsp3) is 0.125. The zero-order chi connectivity index (χ0) is 11.2. The van der Waals surface area contributed by atoms with E-state index in [0.29, 0.717) is 0 Å². The number of hydrogen-bond donors (Lipinski definition) is 0. The van der Waals surface area contributed by atoms with Crippen molar-refractivity contribution in [1.82, 2.24) is 4.98 Å². The molecule has 4 nitrogen and oxygen atoms in total. The first-order chi connectivity index (χ1) is 6.89. The van der Waals surface area contributed by atoms with Crippen LogP contribution in [0.1, 0.15) is 26.5 Å². The number of hydrogen-bond acceptors (Lipinski definition) is 4. The van der Waals surface area contributed by atoms with Crippen molar-refractivity contribution >= 4 is 23.5 Å². The van der Waals surface area contributed by atoms with Gasteiger partial charge >= 0.3 is 17.3 Å². The highest BCUT2D eigenvalue weighted by Crippen LogP contribution is 2.32. The second kappa shape index (κ2) is 2.96. The van der Waals surface area contributed by atoms with Crippen LogP contribution in [0.25, 0.3) is 0 Å². The molecule has 1 aliphatic heterocycles. The number of pyridine rings is 1. The smallest absolute Gasteiger partial charge is 0.365 e. The maximum Gasteiger partial charge on any atom is 0.365 e. The lowest BCUT2D eigenvalue weighted by Gasteiger charge is -2.06. The van der Waals surface area contributed by atoms with Gasteiger partial charge < -0.3 is 4.74 Å². The van der Waals surface area contributed by atoms with Crippen molar-refractivity contribution in [2.24, 2.45) is 0 Å². The molecule has 0 spiro atoms. The lowest BCUT2D eigenvalue weighted by molar-refractivity contribution is 0.0441. The van der Waals surface area contributed by atoms with E-state index in [-0.39, 0.29) is 5.56 Å². The summed E-state index contributed by atoms with van der Waals surface area (Å²) in [7, 11) is 0. The lowest BCUT2D eigenvalue weighted by Crippen LogP contribution is -2.09. The Morgan fingerprint density at radius 2 is 1.93 bits per heavy atom. The molecule has 0 aromatic carbocycles. The zero-order valence-electron chi connectivity index (χ0n) is 6.96. The third-order valence-corrected chi connectivity index (χ3v) is 1.98. The molecule has 1 aromatic heterocycles. The first-order valence-electron chi connectivity index (χ1n) is 3.74. The number of cyclic esters (lactones) is 2. The van der Waals surface area contributed by atoms with Crippen LogP contribution in [-0.2, 0) is 10.1 Å². The molecule has 0 saturated carbocycles. The van der Waals surface area contributed by atoms with Crippen molar-refractivity contribution in [2.75, 3.05) is 0 Å². The largest absolute Gasteiger partial charge is 0.384 e. The van der Waals surface area contributed by atoms with Crippen molar-refractivity contribution in [3.05, 3.63) is 29.1 Å². The van der Waals surface area contributed by atoms with Gasteiger partial charge in [0, 0.05) is 0 Å². The van der Waals surface area contributed by atoms with Crippen LogP contribution in [0.3, 0.4) is 0 Å². The highest BCUT2D eigenvalue weighted by atomic mass is 35.5. The second-order valence-corrected chi connectivity index (χ2v) is 3.24. The maximum atomic E-state index is 12.6. The van der Waals surface area contributed by atoms with Crippen molar-refractivity contribution in [2.45, 2.75) is 5.38 Å². The molecule has 0 N–H and O–H groups in total. The van der Waals surface area contributed by atoms with Crippen LogP contribution in [-0.4, -0.2) is 16.9 Å². The summed E-state index contributed by atoms with van der Waals surface area (Å²) in [6, 6.07) is 1.90. The first kappa shape index (κ1) is 9.97. The third-order valence-electron chi connectivity index (χ3n) is 1.78. The Bertz CT molecular complexity index is 469. The van der Waals surface area contributed by atoms with E-state index in [1.165, 1.54) is 0 Å². The van der Waals surface area contributed by atoms with Crippen molar-refractivity contribution in [1.29, 1.82) is 0 Å². The Morgan fingerprint density at radius 3 is 2.53 bits per heavy atom. The van der Waals surface area contributed by atoms with Gasteiger partial charge in [0.1, 0.15) is 5.69 Å². The van der Waals surface area contributed by atoms with Crippen LogP contribution in [0.5, 0.6) is 0 Å². The van der Waals surface area contributed by atoms with Gasteiger partial charge in [0.25, 0.3) is 0 Å². The van der Waals surface area contributed by atoms with E-state index in [1.54, 1.807) is 0 Å². The molecule has 1 aromatic rings. The Kier molecular flexibility index (Phi) is 1.97. The van der Waals surface area contributed by atoms with E-state index in [0.717, 1.165) is 12.1 Å². The summed E-state index contributed by atoms with van der Waals surface area (Å²) in [6.45, 7) is 0. The van der Waals surface area contributed by atoms with Crippen LogP contribution in [0.4, 0.5) is 8.78 Å². The molecule has 0 atom stereocenters. The topological polar surface area (TPSA) is 56.3 Å². The molecule has 0 saturated heterocycles. The lowest BCUT2D eigenvalue weighted by atomic mass is 10.2. The fourth-order valence-corrected chi connectivity index (χ4v) is 1.23. The molecule has 0 aliphatic carbocycles. The monoisotopic (exact) mass is 233 g/mol. The molecule has 7 heteroatoms. The summed E-state index contributed by atoms with van der Waals surface area (Å²) in [6.07, 6.45) is 0. The van der Waals surface area contributed by atoms with Crippen molar-refractivity contribution in [3.63, 3.8) is 0 Å². The normalized spacial score (nSPS) is 15.1. The van der Waals surface area contributed by atoms with E-state index in [2.05, 4.69) is 9.72 Å². The van der Waals surface area contributed by atoms with Gasteiger partial charge in [0.2, 0.25) is 0 Å². The number of ether oxygens (including phenoxy) is 1. The SMILES string of the molecule is O=C1OC(=O)c2nc(C(F)(F)Cl)ccc21. The fourth-order valence-electron chi connectivity index (χ4n) is 1.12. The molecule has 1 aliphatic rings. The van der Waals surface area contributed by atoms with Gasteiger partial charge in [-0.3, -0.25) is 0 Å². The van der Waals surface area contributed by atoms with E-state index >= 15 is 0 Å². The van der Waals surface area contributed by atoms with Crippen LogP contribution < -0.4 is 0 Å². The number of nitrogens with zero attached hydrogens (tertiary/aromatic N) is 1. The standard InChI is InChI=1S/C8H2ClF2NO3/c9-8(10,11)4-2-1-3-5(12-4)7(14)15-6(3)13/h1-2H. The predicted molar refractivity (Wildman–Crippen MR) is 43.7 cm³/mol. The number of carbonyl (C=O) groups excluding carboxylic acids is 2. The molecule has 0 radical (unpaired) electrons. The molecule has 2 rings (SSSR count). The summed E-state index contributed by atoms with van der Waals surface area (Å²) >= 11 is 4.71. The number of aromatic nitrogens is 1. The van der Waals surface area contributed by atoms with Crippen LogP contribution in [0.2, 0.25) is 0 Å². The molecular formula is C8H2ClF2NO3. The van der Waals surface area contributed by atoms with Gasteiger partial charge in [0.15, 0.2) is 5.69 Å². The number of fused-ring (bicyclic) bond motifs is 1. The molecule has 0 unspecified atom stereocenters. The molecule has 78 valence electrons. The summed E-state index contributed by atoms with van der Waals surface area (Å²) in [5.41, 5.74) is -1.36. The Labute approximate surface area is 86.8 Å². The third kappa shape index (κ3) is 1.56. The van der Waals surface area contributed by atoms with Gasteiger partial charge in [-0.1, -0.05) is 0 Å². The van der Waals surface area contributed by atoms with Crippen molar-refractivity contribution in [3.8, 4) is 0 Å². The van der Waals surface area contributed by atoms with E-state index < -0.39 is 28.7 Å². The Morgan fingerprint density at radius 1 is 1.27 bits per heavy atom. The van der Waals surface area contributed by atoms with Gasteiger partial charge in [-0.2, -0.15) is 8.78 Å². The zero-order valence-corrected chi connectivity index (χ0v) is 7.72. The average Bonchev–Trinajstić information content (AvgIpc) is 2.41. The van der Waals surface area contributed by atoms with E-state index in [4.69, 9.17) is 11.6 Å². The number of halogens is 3. The predicted octanol–water partition coefficient (Wildman–Crippen LogP) is 1.68. The van der Waals surface area contributed by atoms with Gasteiger partial charge in [-0.25, -0.2) is 14.6 Å². The van der Waals surface area contributed by atoms with Gasteiger partial charge in [-0.15, -0.1) is 0 Å². The maximum absolute atomic E-state index is 12.6. The minimum Gasteiger partial charge on any atom is -0.384 e. The number of alkyl halides is 3. The Hall–Kier alpha value is -1.56. The van der Waals surface area contributed by atoms with Gasteiger partial charge in [0.05, 0.1) is 5.56 Å². The van der Waals surface area contributed by atoms with Crippen LogP contribution in [0, 0.1) is 0 Å². The summed E-state index contributed by atoms with van der Waals surface area (Å²) in [5.74, 6) is -1.94. The quantitative estimate of drug-likeness (QED) is 0.421. The molecule has 0 bridgehead atoms. The minimum atomic E-state index is -3.68. The molecule has 0 amide bonds. The average molecular weight is 234 g/mol. The van der Waals surface area contributed by atoms with Crippen LogP contribution in [0.15, 0.2) is 12.1 Å². The number of carbonyl (C=O) groups is 2. The molecular weight excluding hydrogens is 232 g/mol. The summed E-state index contributed by atoms with van der Waals surface area (Å²) in [5, 5.41) is -3.68. The summed E-state index contributed by atoms with van der Waals surface area (Å²) in [4.78, 5) is 25.2. The highest BCUT2D eigenvalue weighted by Gasteiger charge is 2.36. The van der Waals surface area contributed by atoms with Crippen molar-refractivity contribution < 1.29 is 23.1 Å². The molecule has 2 heterocycles. The first-order valence-corrected chi connectivity index (χ1v) is 4.12. The highest BCUT2D eigenvalue weighted by molar-refractivity contribution is 6.21. The summed E-state index contributed by atoms with van der Waals surface area (Å²) < 4.78 is 29.4. The second-order valence-electron chi connectivity index (χ2n) is 2.77. The number of esters is 2.